The van der Waals surface area contributed by atoms with Crippen molar-refractivity contribution >= 4 is 23.4 Å². The number of aryl methyl sites for hydroxylation is 1. The van der Waals surface area contributed by atoms with Gasteiger partial charge < -0.3 is 5.32 Å². The summed E-state index contributed by atoms with van der Waals surface area (Å²) < 4.78 is 0. The second-order valence-corrected chi connectivity index (χ2v) is 5.72. The van der Waals surface area contributed by atoms with E-state index in [-0.39, 0.29) is 0 Å². The van der Waals surface area contributed by atoms with Crippen molar-refractivity contribution in [1.82, 2.24) is 10.3 Å². The largest absolute Gasteiger partial charge is 0.312 e. The van der Waals surface area contributed by atoms with Crippen LogP contribution in [-0.2, 0) is 0 Å². The number of aromatic nitrogens is 1. The van der Waals surface area contributed by atoms with Crippen molar-refractivity contribution < 1.29 is 0 Å². The first-order valence-electron chi connectivity index (χ1n) is 6.18. The summed E-state index contributed by atoms with van der Waals surface area (Å²) >= 11 is 7.80. The zero-order valence-corrected chi connectivity index (χ0v) is 12.6. The van der Waals surface area contributed by atoms with Gasteiger partial charge in [0.25, 0.3) is 0 Å². The molecule has 0 radical (unpaired) electrons. The van der Waals surface area contributed by atoms with E-state index in [0.29, 0.717) is 11.1 Å². The van der Waals surface area contributed by atoms with E-state index in [1.54, 1.807) is 18.0 Å². The van der Waals surface area contributed by atoms with Gasteiger partial charge in [0.15, 0.2) is 0 Å². The van der Waals surface area contributed by atoms with Crippen LogP contribution >= 0.6 is 23.4 Å². The molecule has 0 aliphatic rings. The lowest BCUT2D eigenvalue weighted by Gasteiger charge is -2.18. The molecule has 100 valence electrons. The maximum absolute atomic E-state index is 6.12. The first-order chi connectivity index (χ1) is 9.22. The van der Waals surface area contributed by atoms with Gasteiger partial charge in [0.1, 0.15) is 5.03 Å². The summed E-state index contributed by atoms with van der Waals surface area (Å²) in [4.78, 5) is 4.30. The van der Waals surface area contributed by atoms with Gasteiger partial charge in [-0.2, -0.15) is 0 Å². The molecule has 1 unspecified atom stereocenters. The Morgan fingerprint density at radius 2 is 2.05 bits per heavy atom. The normalized spacial score (nSPS) is 12.4. The van der Waals surface area contributed by atoms with Crippen LogP contribution in [0.5, 0.6) is 0 Å². The number of halogens is 1. The molecule has 1 atom stereocenters. The highest BCUT2D eigenvalue weighted by molar-refractivity contribution is 7.99. The van der Waals surface area contributed by atoms with E-state index in [4.69, 9.17) is 11.6 Å². The summed E-state index contributed by atoms with van der Waals surface area (Å²) in [5.41, 5.74) is 2.62. The Hall–Kier alpha value is -1.03. The van der Waals surface area contributed by atoms with Crippen LogP contribution in [0, 0.1) is 6.92 Å². The summed E-state index contributed by atoms with van der Waals surface area (Å²) in [6, 6.07) is 12.5. The van der Waals surface area contributed by atoms with E-state index >= 15 is 0 Å². The van der Waals surface area contributed by atoms with Gasteiger partial charge in [-0.05, 0) is 37.2 Å². The van der Waals surface area contributed by atoms with E-state index < -0.39 is 0 Å². The Morgan fingerprint density at radius 1 is 1.26 bits per heavy atom. The average Bonchev–Trinajstić information content (AvgIpc) is 2.43. The molecule has 4 heteroatoms. The molecule has 1 heterocycles. The second kappa shape index (κ2) is 6.94. The molecule has 1 aromatic carbocycles. The Kier molecular flexibility index (Phi) is 5.25. The molecule has 0 saturated carbocycles. The molecule has 0 bridgehead atoms. The third-order valence-corrected chi connectivity index (χ3v) is 4.54. The minimum Gasteiger partial charge on any atom is -0.312 e. The fourth-order valence-corrected chi connectivity index (χ4v) is 3.24. The van der Waals surface area contributed by atoms with E-state index in [1.807, 2.05) is 19.2 Å². The van der Waals surface area contributed by atoms with Crippen LogP contribution in [0.1, 0.15) is 17.2 Å². The van der Waals surface area contributed by atoms with E-state index in [0.717, 1.165) is 10.8 Å². The molecule has 0 fully saturated rings. The van der Waals surface area contributed by atoms with Gasteiger partial charge in [-0.25, -0.2) is 4.98 Å². The quantitative estimate of drug-likeness (QED) is 0.840. The Labute approximate surface area is 123 Å². The van der Waals surface area contributed by atoms with Crippen molar-refractivity contribution in [1.29, 1.82) is 0 Å². The monoisotopic (exact) mass is 292 g/mol. The third-order valence-electron chi connectivity index (χ3n) is 3.02. The summed E-state index contributed by atoms with van der Waals surface area (Å²) in [5, 5.41) is 4.96. The molecule has 0 amide bonds. The molecule has 2 nitrogen and oxygen atoms in total. The fourth-order valence-electron chi connectivity index (χ4n) is 1.95. The van der Waals surface area contributed by atoms with Crippen LogP contribution in [0.2, 0.25) is 5.02 Å². The summed E-state index contributed by atoms with van der Waals surface area (Å²) in [7, 11) is 1.98. The Balaban J connectivity index is 2.09. The van der Waals surface area contributed by atoms with Crippen molar-refractivity contribution in [3.05, 3.63) is 58.7 Å². The van der Waals surface area contributed by atoms with Crippen molar-refractivity contribution in [2.45, 2.75) is 18.0 Å². The predicted octanol–water partition coefficient (Wildman–Crippen LogP) is 4.10. The standard InChI is InChI=1S/C15H17ClN2S/c1-11-6-3-4-7-12(11)14(17-2)10-19-15-13(16)8-5-9-18-15/h3-9,14,17H,10H2,1-2H3. The topological polar surface area (TPSA) is 24.9 Å². The summed E-state index contributed by atoms with van der Waals surface area (Å²) in [5.74, 6) is 0.901. The van der Waals surface area contributed by atoms with Gasteiger partial charge in [0, 0.05) is 18.0 Å². The smallest absolute Gasteiger partial charge is 0.115 e. The number of hydrogen-bond donors (Lipinski definition) is 1. The van der Waals surface area contributed by atoms with Crippen LogP contribution < -0.4 is 5.32 Å². The maximum atomic E-state index is 6.12. The molecule has 1 aromatic heterocycles. The van der Waals surface area contributed by atoms with Crippen molar-refractivity contribution in [3.63, 3.8) is 0 Å². The second-order valence-electron chi connectivity index (χ2n) is 4.30. The number of thioether (sulfide) groups is 1. The number of hydrogen-bond acceptors (Lipinski definition) is 3. The van der Waals surface area contributed by atoms with Crippen LogP contribution in [0.3, 0.4) is 0 Å². The molecule has 0 aliphatic heterocycles. The average molecular weight is 293 g/mol. The van der Waals surface area contributed by atoms with Crippen molar-refractivity contribution in [3.8, 4) is 0 Å². The summed E-state index contributed by atoms with van der Waals surface area (Å²) in [6.45, 7) is 2.14. The predicted molar refractivity (Wildman–Crippen MR) is 83.0 cm³/mol. The van der Waals surface area contributed by atoms with Gasteiger partial charge in [-0.1, -0.05) is 35.9 Å². The molecule has 0 spiro atoms. The first-order valence-corrected chi connectivity index (χ1v) is 7.55. The van der Waals surface area contributed by atoms with Crippen LogP contribution in [0.15, 0.2) is 47.6 Å². The Bertz CT molecular complexity index is 545. The molecular formula is C15H17ClN2S. The van der Waals surface area contributed by atoms with Crippen LogP contribution in [-0.4, -0.2) is 17.8 Å². The number of pyridine rings is 1. The van der Waals surface area contributed by atoms with Gasteiger partial charge in [0.05, 0.1) is 5.02 Å². The van der Waals surface area contributed by atoms with Gasteiger partial charge >= 0.3 is 0 Å². The number of nitrogens with one attached hydrogen (secondary N) is 1. The molecule has 0 saturated heterocycles. The minimum atomic E-state index is 0.296. The van der Waals surface area contributed by atoms with Crippen LogP contribution in [0.25, 0.3) is 0 Å². The summed E-state index contributed by atoms with van der Waals surface area (Å²) in [6.07, 6.45) is 1.77. The van der Waals surface area contributed by atoms with Gasteiger partial charge in [-0.15, -0.1) is 11.8 Å². The van der Waals surface area contributed by atoms with Gasteiger partial charge in [0.2, 0.25) is 0 Å². The number of rotatable bonds is 5. The zero-order chi connectivity index (χ0) is 13.7. The fraction of sp³-hybridized carbons (Fsp3) is 0.267. The molecule has 1 N–H and O–H groups in total. The molecule has 2 aromatic rings. The first kappa shape index (κ1) is 14.4. The highest BCUT2D eigenvalue weighted by Crippen LogP contribution is 2.29. The molecular weight excluding hydrogens is 276 g/mol. The lowest BCUT2D eigenvalue weighted by Crippen LogP contribution is -2.19. The Morgan fingerprint density at radius 3 is 2.74 bits per heavy atom. The highest BCUT2D eigenvalue weighted by atomic mass is 35.5. The zero-order valence-electron chi connectivity index (χ0n) is 11.1. The molecule has 2 rings (SSSR count). The SMILES string of the molecule is CNC(CSc1ncccc1Cl)c1ccccc1C. The van der Waals surface area contributed by atoms with Crippen molar-refractivity contribution in [2.75, 3.05) is 12.8 Å². The lowest BCUT2D eigenvalue weighted by molar-refractivity contribution is 0.657. The maximum Gasteiger partial charge on any atom is 0.115 e. The number of benzene rings is 1. The lowest BCUT2D eigenvalue weighted by atomic mass is 10.0. The van der Waals surface area contributed by atoms with E-state index in [1.165, 1.54) is 11.1 Å². The van der Waals surface area contributed by atoms with Crippen molar-refractivity contribution in [2.24, 2.45) is 0 Å². The highest BCUT2D eigenvalue weighted by Gasteiger charge is 2.13. The number of nitrogens with zero attached hydrogens (tertiary/aromatic N) is 1. The third kappa shape index (κ3) is 3.72. The van der Waals surface area contributed by atoms with Gasteiger partial charge in [-0.3, -0.25) is 0 Å². The minimum absolute atomic E-state index is 0.296. The molecule has 0 aliphatic carbocycles. The van der Waals surface area contributed by atoms with E-state index in [9.17, 15) is 0 Å². The van der Waals surface area contributed by atoms with Crippen LogP contribution in [0.4, 0.5) is 0 Å². The van der Waals surface area contributed by atoms with E-state index in [2.05, 4.69) is 41.5 Å². The molecule has 19 heavy (non-hydrogen) atoms.